The van der Waals surface area contributed by atoms with Crippen molar-refractivity contribution in [3.8, 4) is 57.5 Å². The van der Waals surface area contributed by atoms with Crippen molar-refractivity contribution < 1.29 is 52.1 Å². The molecule has 0 unspecified atom stereocenters. The van der Waals surface area contributed by atoms with Crippen LogP contribution in [-0.2, 0) is 56.6 Å². The molecule has 10 aliphatic rings. The van der Waals surface area contributed by atoms with Gasteiger partial charge in [-0.2, -0.15) is 0 Å². The average Bonchev–Trinajstić information content (AvgIpc) is 4.00. The van der Waals surface area contributed by atoms with Crippen molar-refractivity contribution in [2.24, 2.45) is 0 Å². The quantitative estimate of drug-likeness (QED) is 0.0802. The molecule has 0 atom stereocenters. The van der Waals surface area contributed by atoms with E-state index >= 15 is 0 Å². The number of benzene rings is 9. The molecule has 1 aromatic heterocycles. The van der Waals surface area contributed by atoms with Crippen molar-refractivity contribution in [2.75, 3.05) is 70.6 Å². The van der Waals surface area contributed by atoms with Gasteiger partial charge in [0.1, 0.15) is 69.8 Å². The average molecular weight is 1080 g/mol. The Morgan fingerprint density at radius 3 is 1.10 bits per heavy atom. The van der Waals surface area contributed by atoms with E-state index in [-0.39, 0.29) is 6.61 Å². The van der Waals surface area contributed by atoms with Gasteiger partial charge in [-0.15, -0.1) is 5.10 Å². The molecule has 9 aromatic carbocycles. The molecule has 410 valence electrons. The Labute approximate surface area is 465 Å². The number of ether oxygens (including phenoxy) is 11. The van der Waals surface area contributed by atoms with E-state index in [1.807, 2.05) is 60.8 Å². The molecule has 14 heteroatoms. The molecule has 0 N–H and O–H groups in total. The lowest BCUT2D eigenvalue weighted by molar-refractivity contribution is 0.105. The summed E-state index contributed by atoms with van der Waals surface area (Å²) < 4.78 is 69.9. The van der Waals surface area contributed by atoms with Gasteiger partial charge in [-0.05, 0) is 98.5 Å². The number of rotatable bonds is 17. The van der Waals surface area contributed by atoms with Crippen molar-refractivity contribution in [2.45, 2.75) is 51.9 Å². The van der Waals surface area contributed by atoms with E-state index in [0.717, 1.165) is 66.9 Å². The lowest BCUT2D eigenvalue weighted by Crippen LogP contribution is -2.11. The van der Waals surface area contributed by atoms with E-state index in [4.69, 9.17) is 52.1 Å². The highest BCUT2D eigenvalue weighted by Crippen LogP contribution is 2.43. The first kappa shape index (κ1) is 53.1. The third kappa shape index (κ3) is 10.5. The Morgan fingerprint density at radius 2 is 0.713 bits per heavy atom. The topological polar surface area (TPSA) is 132 Å². The summed E-state index contributed by atoms with van der Waals surface area (Å²) in [5.41, 5.74) is 10.8. The zero-order valence-corrected chi connectivity index (χ0v) is 46.7. The second-order valence-electron chi connectivity index (χ2n) is 20.0. The molecule has 10 aliphatic carbocycles. The lowest BCUT2D eigenvalue weighted by Gasteiger charge is -2.20. The smallest absolute Gasteiger partial charge is 0.123 e. The molecule has 10 bridgehead atoms. The minimum atomic E-state index is 0.287. The van der Waals surface area contributed by atoms with Crippen LogP contribution in [0.1, 0.15) is 66.9 Å². The maximum absolute atomic E-state index is 6.80. The Hall–Kier alpha value is -8.88. The van der Waals surface area contributed by atoms with Gasteiger partial charge in [-0.1, -0.05) is 59.8 Å². The Balaban J connectivity index is 0.924. The molecule has 10 aromatic rings. The van der Waals surface area contributed by atoms with Gasteiger partial charge in [-0.3, -0.25) is 0 Å². The van der Waals surface area contributed by atoms with Crippen LogP contribution in [0.3, 0.4) is 0 Å². The summed E-state index contributed by atoms with van der Waals surface area (Å²) in [6.45, 7) is 1.45. The fourth-order valence-corrected chi connectivity index (χ4v) is 11.4. The van der Waals surface area contributed by atoms with Gasteiger partial charge < -0.3 is 52.1 Å². The number of methoxy groups -OCH3 is 9. The van der Waals surface area contributed by atoms with Gasteiger partial charge in [0.15, 0.2) is 0 Å². The van der Waals surface area contributed by atoms with Crippen LogP contribution in [0.15, 0.2) is 121 Å². The zero-order valence-electron chi connectivity index (χ0n) is 46.7. The molecule has 0 spiro atoms. The molecule has 20 rings (SSSR count). The van der Waals surface area contributed by atoms with E-state index in [1.54, 1.807) is 68.7 Å². The first-order chi connectivity index (χ1) is 39.2. The molecule has 1 heterocycles. The summed E-state index contributed by atoms with van der Waals surface area (Å²) in [6.07, 6.45) is 4.18. The molecule has 0 saturated heterocycles. The van der Waals surface area contributed by atoms with Crippen molar-refractivity contribution >= 4 is 32.3 Å². The third-order valence-corrected chi connectivity index (χ3v) is 15.4. The summed E-state index contributed by atoms with van der Waals surface area (Å²) in [6, 6.07) is 39.9. The SMILES string of the molecule is COc1cc2c(OC)cc1Cc1cc(OC)c(cc1OC)Cc1cc(OC)c(cc1OC)Cc1cc(OC)c(cc1OCCn1cc(COCc3ccc4ccc5cccc6ccc3c4c56)nn1)Cc1cc(OC)c(cc1OC)C2. The Kier molecular flexibility index (Phi) is 15.4. The van der Waals surface area contributed by atoms with Gasteiger partial charge in [0, 0.05) is 87.7 Å². The summed E-state index contributed by atoms with van der Waals surface area (Å²) in [7, 11) is 15.1. The molecule has 14 nitrogen and oxygen atoms in total. The van der Waals surface area contributed by atoms with Gasteiger partial charge in [0.25, 0.3) is 0 Å². The zero-order chi connectivity index (χ0) is 55.4. The summed E-state index contributed by atoms with van der Waals surface area (Å²) in [5, 5.41) is 16.4. The molecule has 80 heavy (non-hydrogen) atoms. The van der Waals surface area contributed by atoms with Crippen LogP contribution in [0.5, 0.6) is 57.5 Å². The minimum absolute atomic E-state index is 0.287. The third-order valence-electron chi connectivity index (χ3n) is 15.4. The Morgan fingerprint density at radius 1 is 0.375 bits per heavy atom. The van der Waals surface area contributed by atoms with Crippen LogP contribution in [-0.4, -0.2) is 85.6 Å². The van der Waals surface area contributed by atoms with Gasteiger partial charge >= 0.3 is 0 Å². The van der Waals surface area contributed by atoms with E-state index < -0.39 is 0 Å². The van der Waals surface area contributed by atoms with Crippen LogP contribution >= 0.6 is 0 Å². The fraction of sp³-hybridized carbons (Fsp3) is 0.273. The largest absolute Gasteiger partial charge is 0.496 e. The summed E-state index contributed by atoms with van der Waals surface area (Å²) in [5.74, 6) is 6.88. The van der Waals surface area contributed by atoms with Gasteiger partial charge in [0.05, 0.1) is 89.9 Å². The van der Waals surface area contributed by atoms with Gasteiger partial charge in [0.2, 0.25) is 0 Å². The highest BCUT2D eigenvalue weighted by atomic mass is 16.5. The molecule has 0 saturated carbocycles. The number of hydrogen-bond acceptors (Lipinski definition) is 13. The molecule has 0 aliphatic heterocycles. The van der Waals surface area contributed by atoms with Crippen LogP contribution < -0.4 is 47.4 Å². The number of hydrogen-bond donors (Lipinski definition) is 0. The van der Waals surface area contributed by atoms with Crippen molar-refractivity contribution in [1.82, 2.24) is 15.0 Å². The predicted octanol–water partition coefficient (Wildman–Crippen LogP) is 12.3. The summed E-state index contributed by atoms with van der Waals surface area (Å²) >= 11 is 0. The van der Waals surface area contributed by atoms with Crippen molar-refractivity contribution in [3.63, 3.8) is 0 Å². The second kappa shape index (κ2) is 23.2. The predicted molar refractivity (Wildman–Crippen MR) is 309 cm³/mol. The fourth-order valence-electron chi connectivity index (χ4n) is 11.4. The molecule has 0 radical (unpaired) electrons. The first-order valence-corrected chi connectivity index (χ1v) is 26.6. The second-order valence-corrected chi connectivity index (χ2v) is 20.0. The maximum atomic E-state index is 6.80. The van der Waals surface area contributed by atoms with E-state index in [2.05, 4.69) is 71.0 Å². The molecule has 0 fully saturated rings. The summed E-state index contributed by atoms with van der Waals surface area (Å²) in [4.78, 5) is 0. The number of nitrogens with zero attached hydrogens (tertiary/aromatic N) is 3. The van der Waals surface area contributed by atoms with Crippen molar-refractivity contribution in [3.05, 3.63) is 188 Å². The lowest BCUT2D eigenvalue weighted by atomic mass is 9.92. The van der Waals surface area contributed by atoms with Gasteiger partial charge in [-0.25, -0.2) is 4.68 Å². The minimum Gasteiger partial charge on any atom is -0.496 e. The molecular weight excluding hydrogens is 1010 g/mol. The van der Waals surface area contributed by atoms with E-state index in [9.17, 15) is 0 Å². The molecule has 0 amide bonds. The van der Waals surface area contributed by atoms with E-state index in [1.165, 1.54) is 32.3 Å². The Bertz CT molecular complexity index is 3870. The highest BCUT2D eigenvalue weighted by Gasteiger charge is 2.24. The standard InChI is InChI=1S/C66H65N3O11/c1-70-55-28-45-22-47-30-60(75-6)49(32-59(47)74-5)24-51-35-64(80-20-19-69-36-53(67-68-69)38-79-37-42-16-15-41-14-13-39-11-10-12-40-17-18-54(42)66(41)65(39)40)52(34-63(51)78-9)25-50-33-61(76-7)48(31-62(50)77-8)23-46-29-57(72-3)44(27-58(46)73-4)21-43(55)26-56(45)71-2/h10-18,26-36H,19-25,37-38H2,1-9H3. The normalized spacial score (nSPS) is 12.3. The van der Waals surface area contributed by atoms with Crippen molar-refractivity contribution in [1.29, 1.82) is 0 Å². The van der Waals surface area contributed by atoms with Crippen LogP contribution in [0.2, 0.25) is 0 Å². The molecular formula is C66H65N3O11. The monoisotopic (exact) mass is 1080 g/mol. The van der Waals surface area contributed by atoms with Crippen LogP contribution in [0.25, 0.3) is 32.3 Å². The maximum Gasteiger partial charge on any atom is 0.123 e. The first-order valence-electron chi connectivity index (χ1n) is 26.6. The van der Waals surface area contributed by atoms with E-state index in [0.29, 0.717) is 109 Å². The van der Waals surface area contributed by atoms with Crippen LogP contribution in [0.4, 0.5) is 0 Å². The number of aromatic nitrogens is 3. The van der Waals surface area contributed by atoms with Crippen LogP contribution in [0, 0.1) is 0 Å². The highest BCUT2D eigenvalue weighted by molar-refractivity contribution is 6.23.